The van der Waals surface area contributed by atoms with Crippen LogP contribution < -0.4 is 5.32 Å². The molecule has 0 fully saturated rings. The molecule has 0 aromatic rings. The van der Waals surface area contributed by atoms with E-state index in [1.165, 1.54) is 5.57 Å². The molecule has 0 heterocycles. The minimum Gasteiger partial charge on any atom is -0.316 e. The molecule has 0 bridgehead atoms. The predicted molar refractivity (Wildman–Crippen MR) is 73.1 cm³/mol. The molecule has 0 atom stereocenters. The number of nitrogens with zero attached hydrogens (tertiary/aromatic N) is 2. The zero-order valence-corrected chi connectivity index (χ0v) is 11.1. The highest BCUT2D eigenvalue weighted by atomic mass is 15.1. The molecule has 0 aliphatic rings. The Labute approximate surface area is 99.9 Å². The van der Waals surface area contributed by atoms with E-state index in [9.17, 15) is 0 Å². The summed E-state index contributed by atoms with van der Waals surface area (Å²) in [5.74, 6) is 0. The number of hydrogen-bond donors (Lipinski definition) is 1. The summed E-state index contributed by atoms with van der Waals surface area (Å²) in [6.07, 6.45) is 3.99. The van der Waals surface area contributed by atoms with Gasteiger partial charge in [-0.1, -0.05) is 19.6 Å². The quantitative estimate of drug-likeness (QED) is 0.504. The first-order chi connectivity index (χ1) is 7.60. The molecule has 0 aromatic heterocycles. The smallest absolute Gasteiger partial charge is 0.0312 e. The zero-order chi connectivity index (χ0) is 12.4. The summed E-state index contributed by atoms with van der Waals surface area (Å²) < 4.78 is 0. The van der Waals surface area contributed by atoms with Crippen molar-refractivity contribution < 1.29 is 0 Å². The molecule has 92 valence electrons. The largest absolute Gasteiger partial charge is 0.316 e. The molecule has 0 saturated carbocycles. The third-order valence-electron chi connectivity index (χ3n) is 2.19. The number of nitrogens with one attached hydrogen (secondary N) is 1. The molecule has 1 N–H and O–H groups in total. The fraction of sp³-hybridized carbons (Fsp3) is 0.615. The van der Waals surface area contributed by atoms with Crippen molar-refractivity contribution in [2.24, 2.45) is 4.99 Å². The summed E-state index contributed by atoms with van der Waals surface area (Å²) >= 11 is 0. The SMILES string of the molecule is C=C(C)/N=C\C(=C/C)CN(C)CCNCC. The Hall–Kier alpha value is -0.930. The summed E-state index contributed by atoms with van der Waals surface area (Å²) in [6, 6.07) is 0. The minimum absolute atomic E-state index is 0.842. The molecule has 0 aliphatic carbocycles. The second kappa shape index (κ2) is 9.31. The molecule has 0 saturated heterocycles. The molecule has 3 heteroatoms. The molecule has 0 unspecified atom stereocenters. The van der Waals surface area contributed by atoms with Crippen molar-refractivity contribution in [1.82, 2.24) is 10.2 Å². The molecule has 0 radical (unpaired) electrons. The summed E-state index contributed by atoms with van der Waals surface area (Å²) in [5, 5.41) is 3.31. The molecule has 0 rings (SSSR count). The van der Waals surface area contributed by atoms with Gasteiger partial charge in [0.1, 0.15) is 0 Å². The van der Waals surface area contributed by atoms with Crippen molar-refractivity contribution in [3.63, 3.8) is 0 Å². The van der Waals surface area contributed by atoms with Gasteiger partial charge in [0.2, 0.25) is 0 Å². The van der Waals surface area contributed by atoms with Crippen LogP contribution in [0.2, 0.25) is 0 Å². The zero-order valence-electron chi connectivity index (χ0n) is 11.1. The third-order valence-corrected chi connectivity index (χ3v) is 2.19. The van der Waals surface area contributed by atoms with Gasteiger partial charge in [0.05, 0.1) is 0 Å². The number of aliphatic imine (C=N–C) groups is 1. The van der Waals surface area contributed by atoms with Crippen LogP contribution in [0.25, 0.3) is 0 Å². The number of allylic oxidation sites excluding steroid dienone is 2. The Morgan fingerprint density at radius 1 is 1.50 bits per heavy atom. The van der Waals surface area contributed by atoms with Gasteiger partial charge in [0.15, 0.2) is 0 Å². The maximum atomic E-state index is 4.22. The van der Waals surface area contributed by atoms with Crippen LogP contribution in [0.4, 0.5) is 0 Å². The van der Waals surface area contributed by atoms with Gasteiger partial charge in [0.25, 0.3) is 0 Å². The lowest BCUT2D eigenvalue weighted by Gasteiger charge is -2.16. The second-order valence-corrected chi connectivity index (χ2v) is 3.95. The van der Waals surface area contributed by atoms with Crippen LogP contribution in [0.3, 0.4) is 0 Å². The van der Waals surface area contributed by atoms with Crippen LogP contribution in [0.5, 0.6) is 0 Å². The maximum absolute atomic E-state index is 4.22. The van der Waals surface area contributed by atoms with Crippen molar-refractivity contribution in [3.8, 4) is 0 Å². The fourth-order valence-electron chi connectivity index (χ4n) is 1.24. The van der Waals surface area contributed by atoms with Crippen LogP contribution in [0.1, 0.15) is 20.8 Å². The number of likely N-dealkylation sites (N-methyl/N-ethyl adjacent to an activating group) is 2. The van der Waals surface area contributed by atoms with E-state index in [1.54, 1.807) is 0 Å². The first-order valence-corrected chi connectivity index (χ1v) is 5.84. The Kier molecular flexibility index (Phi) is 8.77. The number of hydrogen-bond acceptors (Lipinski definition) is 3. The van der Waals surface area contributed by atoms with Crippen molar-refractivity contribution in [3.05, 3.63) is 23.9 Å². The Morgan fingerprint density at radius 2 is 2.19 bits per heavy atom. The summed E-state index contributed by atoms with van der Waals surface area (Å²) in [6.45, 7) is 13.9. The lowest BCUT2D eigenvalue weighted by atomic mass is 10.2. The van der Waals surface area contributed by atoms with E-state index in [-0.39, 0.29) is 0 Å². The summed E-state index contributed by atoms with van der Waals surface area (Å²) in [5.41, 5.74) is 2.07. The van der Waals surface area contributed by atoms with Crippen LogP contribution in [-0.4, -0.2) is 44.3 Å². The van der Waals surface area contributed by atoms with Crippen LogP contribution in [0, 0.1) is 0 Å². The van der Waals surface area contributed by atoms with E-state index in [4.69, 9.17) is 0 Å². The van der Waals surface area contributed by atoms with Crippen molar-refractivity contribution in [1.29, 1.82) is 0 Å². The average Bonchev–Trinajstić information content (AvgIpc) is 2.24. The highest BCUT2D eigenvalue weighted by Crippen LogP contribution is 1.97. The highest BCUT2D eigenvalue weighted by Gasteiger charge is 1.99. The Morgan fingerprint density at radius 3 is 2.69 bits per heavy atom. The van der Waals surface area contributed by atoms with Gasteiger partial charge in [0, 0.05) is 31.5 Å². The summed E-state index contributed by atoms with van der Waals surface area (Å²) in [4.78, 5) is 6.50. The highest BCUT2D eigenvalue weighted by molar-refractivity contribution is 5.79. The van der Waals surface area contributed by atoms with Crippen molar-refractivity contribution >= 4 is 6.21 Å². The van der Waals surface area contributed by atoms with E-state index in [0.717, 1.165) is 31.9 Å². The van der Waals surface area contributed by atoms with Crippen LogP contribution in [-0.2, 0) is 0 Å². The van der Waals surface area contributed by atoms with Crippen LogP contribution in [0.15, 0.2) is 28.9 Å². The Bertz CT molecular complexity index is 254. The first-order valence-electron chi connectivity index (χ1n) is 5.84. The van der Waals surface area contributed by atoms with Gasteiger partial charge >= 0.3 is 0 Å². The van der Waals surface area contributed by atoms with Gasteiger partial charge in [-0.3, -0.25) is 4.99 Å². The minimum atomic E-state index is 0.842. The van der Waals surface area contributed by atoms with E-state index in [0.29, 0.717) is 0 Å². The first kappa shape index (κ1) is 15.1. The predicted octanol–water partition coefficient (Wildman–Crippen LogP) is 2.08. The molecule has 3 nitrogen and oxygen atoms in total. The van der Waals surface area contributed by atoms with Gasteiger partial charge in [-0.15, -0.1) is 0 Å². The fourth-order valence-corrected chi connectivity index (χ4v) is 1.24. The van der Waals surface area contributed by atoms with E-state index < -0.39 is 0 Å². The molecular weight excluding hydrogens is 198 g/mol. The second-order valence-electron chi connectivity index (χ2n) is 3.95. The monoisotopic (exact) mass is 223 g/mol. The van der Waals surface area contributed by atoms with Crippen molar-refractivity contribution in [2.75, 3.05) is 33.2 Å². The maximum Gasteiger partial charge on any atom is 0.0312 e. The molecular formula is C13H25N3. The van der Waals surface area contributed by atoms with Crippen LogP contribution >= 0.6 is 0 Å². The van der Waals surface area contributed by atoms with E-state index in [1.807, 2.05) is 20.1 Å². The molecule has 0 aromatic carbocycles. The molecule has 0 aliphatic heterocycles. The molecule has 0 spiro atoms. The van der Waals surface area contributed by atoms with Gasteiger partial charge in [-0.2, -0.15) is 0 Å². The molecule has 0 amide bonds. The van der Waals surface area contributed by atoms with Crippen molar-refractivity contribution in [2.45, 2.75) is 20.8 Å². The third kappa shape index (κ3) is 8.38. The standard InChI is InChI=1S/C13H25N3/c1-6-13(10-15-12(3)4)11-16(5)9-8-14-7-2/h6,10,14H,3,7-9,11H2,1-2,4-5H3/b13-6+,15-10-. The summed E-state index contributed by atoms with van der Waals surface area (Å²) in [7, 11) is 2.12. The van der Waals surface area contributed by atoms with Gasteiger partial charge < -0.3 is 10.2 Å². The van der Waals surface area contributed by atoms with E-state index >= 15 is 0 Å². The molecule has 16 heavy (non-hydrogen) atoms. The average molecular weight is 223 g/mol. The topological polar surface area (TPSA) is 27.6 Å². The van der Waals surface area contributed by atoms with E-state index in [2.05, 4.69) is 41.8 Å². The Balaban J connectivity index is 3.98. The normalized spacial score (nSPS) is 12.7. The van der Waals surface area contributed by atoms with Gasteiger partial charge in [-0.05, 0) is 33.0 Å². The van der Waals surface area contributed by atoms with Gasteiger partial charge in [-0.25, -0.2) is 0 Å². The number of rotatable bonds is 8. The lowest BCUT2D eigenvalue weighted by molar-refractivity contribution is 0.363. The lowest BCUT2D eigenvalue weighted by Crippen LogP contribution is -2.30.